The maximum atomic E-state index is 12.5. The van der Waals surface area contributed by atoms with Gasteiger partial charge >= 0.3 is 0 Å². The van der Waals surface area contributed by atoms with Crippen molar-refractivity contribution < 1.29 is 4.48 Å². The van der Waals surface area contributed by atoms with Crippen molar-refractivity contribution in [3.8, 4) is 0 Å². The summed E-state index contributed by atoms with van der Waals surface area (Å²) in [5.41, 5.74) is 0.846. The fourth-order valence-electron chi connectivity index (χ4n) is 3.03. The summed E-state index contributed by atoms with van der Waals surface area (Å²) >= 11 is 0. The predicted molar refractivity (Wildman–Crippen MR) is 87.4 cm³/mol. The molecule has 2 rings (SSSR count). The van der Waals surface area contributed by atoms with Crippen LogP contribution >= 0.6 is 0 Å². The smallest absolute Gasteiger partial charge is 0.261 e. The zero-order valence-electron chi connectivity index (χ0n) is 13.4. The van der Waals surface area contributed by atoms with Crippen LogP contribution in [0.5, 0.6) is 0 Å². The molecule has 0 unspecified atom stereocenters. The number of quaternary nitrogens is 1. The van der Waals surface area contributed by atoms with E-state index in [1.807, 2.05) is 24.3 Å². The molecule has 0 bridgehead atoms. The summed E-state index contributed by atoms with van der Waals surface area (Å²) in [5.74, 6) is 0. The summed E-state index contributed by atoms with van der Waals surface area (Å²) < 4.78 is 2.77. The topological polar surface area (TPSA) is 34.9 Å². The molecular formula is C17H26N3O+. The van der Waals surface area contributed by atoms with Gasteiger partial charge in [0.25, 0.3) is 5.56 Å². The van der Waals surface area contributed by atoms with Gasteiger partial charge in [-0.1, -0.05) is 26.0 Å². The Labute approximate surface area is 126 Å². The van der Waals surface area contributed by atoms with Crippen molar-refractivity contribution in [1.82, 2.24) is 9.55 Å². The molecule has 0 aliphatic rings. The van der Waals surface area contributed by atoms with Gasteiger partial charge in [-0.3, -0.25) is 9.36 Å². The molecule has 0 atom stereocenters. The van der Waals surface area contributed by atoms with Crippen molar-refractivity contribution in [1.29, 1.82) is 0 Å². The van der Waals surface area contributed by atoms with Crippen molar-refractivity contribution in [3.63, 3.8) is 0 Å². The van der Waals surface area contributed by atoms with Crippen LogP contribution in [0.15, 0.2) is 35.4 Å². The minimum Gasteiger partial charge on any atom is -0.325 e. The Hall–Kier alpha value is -1.68. The summed E-state index contributed by atoms with van der Waals surface area (Å²) in [7, 11) is 2.28. The third-order valence-electron chi connectivity index (χ3n) is 4.14. The molecule has 1 aromatic carbocycles. The highest BCUT2D eigenvalue weighted by atomic mass is 16.1. The molecule has 1 heterocycles. The summed E-state index contributed by atoms with van der Waals surface area (Å²) in [6.45, 7) is 8.45. The first-order valence-corrected chi connectivity index (χ1v) is 7.87. The number of para-hydroxylation sites is 1. The molecule has 0 saturated carbocycles. The maximum absolute atomic E-state index is 12.5. The van der Waals surface area contributed by atoms with Gasteiger partial charge in [0.15, 0.2) is 0 Å². The maximum Gasteiger partial charge on any atom is 0.261 e. The molecule has 0 aliphatic heterocycles. The summed E-state index contributed by atoms with van der Waals surface area (Å²) in [5, 5.41) is 0.709. The molecule has 0 spiro atoms. The average Bonchev–Trinajstić information content (AvgIpc) is 2.47. The van der Waals surface area contributed by atoms with Gasteiger partial charge in [-0.15, -0.1) is 0 Å². The first kappa shape index (κ1) is 15.7. The molecule has 2 aromatic rings. The van der Waals surface area contributed by atoms with Crippen LogP contribution in [0.25, 0.3) is 10.9 Å². The number of hydrogen-bond donors (Lipinski definition) is 0. The molecule has 0 fully saturated rings. The number of nitrogens with zero attached hydrogens (tertiary/aromatic N) is 3. The second-order valence-corrected chi connectivity index (χ2v) is 6.05. The molecule has 4 heteroatoms. The zero-order valence-corrected chi connectivity index (χ0v) is 13.4. The largest absolute Gasteiger partial charge is 0.325 e. The molecule has 0 amide bonds. The number of likely N-dealkylation sites (N-methyl/N-ethyl adjacent to an activating group) is 1. The quantitative estimate of drug-likeness (QED) is 0.734. The monoisotopic (exact) mass is 288 g/mol. The molecular weight excluding hydrogens is 262 g/mol. The molecule has 0 N–H and O–H groups in total. The summed E-state index contributed by atoms with van der Waals surface area (Å²) in [6.07, 6.45) is 4.02. The van der Waals surface area contributed by atoms with Gasteiger partial charge in [0.2, 0.25) is 0 Å². The number of benzene rings is 1. The van der Waals surface area contributed by atoms with Crippen LogP contribution in [0.4, 0.5) is 0 Å². The van der Waals surface area contributed by atoms with Crippen LogP contribution in [0.3, 0.4) is 0 Å². The van der Waals surface area contributed by atoms with E-state index in [-0.39, 0.29) is 5.56 Å². The molecule has 4 nitrogen and oxygen atoms in total. The lowest BCUT2D eigenvalue weighted by atomic mass is 10.2. The van der Waals surface area contributed by atoms with Crippen LogP contribution in [-0.4, -0.2) is 40.7 Å². The van der Waals surface area contributed by atoms with Crippen LogP contribution in [0.2, 0.25) is 0 Å². The lowest BCUT2D eigenvalue weighted by Crippen LogP contribution is -2.48. The third-order valence-corrected chi connectivity index (χ3v) is 4.14. The minimum absolute atomic E-state index is 0.0696. The second kappa shape index (κ2) is 6.85. The molecule has 21 heavy (non-hydrogen) atoms. The Bertz CT molecular complexity index is 642. The highest BCUT2D eigenvalue weighted by Gasteiger charge is 2.19. The average molecular weight is 288 g/mol. The Balaban J connectivity index is 2.20. The Morgan fingerprint density at radius 2 is 1.76 bits per heavy atom. The first-order valence-electron chi connectivity index (χ1n) is 7.87. The van der Waals surface area contributed by atoms with Crippen molar-refractivity contribution >= 4 is 10.9 Å². The second-order valence-electron chi connectivity index (χ2n) is 6.05. The lowest BCUT2D eigenvalue weighted by Gasteiger charge is -2.34. The van der Waals surface area contributed by atoms with Crippen molar-refractivity contribution in [2.45, 2.75) is 33.2 Å². The molecule has 0 saturated heterocycles. The molecule has 0 radical (unpaired) electrons. The van der Waals surface area contributed by atoms with Crippen molar-refractivity contribution in [2.75, 3.05) is 26.7 Å². The minimum atomic E-state index is 0.0696. The van der Waals surface area contributed by atoms with Gasteiger partial charge in [0, 0.05) is 0 Å². The summed E-state index contributed by atoms with van der Waals surface area (Å²) in [6, 6.07) is 7.54. The van der Waals surface area contributed by atoms with Gasteiger partial charge in [-0.2, -0.15) is 0 Å². The Kier molecular flexibility index (Phi) is 5.12. The molecule has 0 aliphatic carbocycles. The van der Waals surface area contributed by atoms with Crippen LogP contribution in [0.1, 0.15) is 26.7 Å². The van der Waals surface area contributed by atoms with E-state index in [9.17, 15) is 4.79 Å². The number of hydrogen-bond acceptors (Lipinski definition) is 2. The van der Waals surface area contributed by atoms with E-state index in [0.29, 0.717) is 5.39 Å². The van der Waals surface area contributed by atoms with Crippen molar-refractivity contribution in [2.24, 2.45) is 0 Å². The normalized spacial score (nSPS) is 12.0. The lowest BCUT2D eigenvalue weighted by molar-refractivity contribution is -0.910. The zero-order chi connectivity index (χ0) is 15.3. The highest BCUT2D eigenvalue weighted by Crippen LogP contribution is 2.08. The van der Waals surface area contributed by atoms with E-state index in [1.165, 1.54) is 12.8 Å². The van der Waals surface area contributed by atoms with E-state index in [4.69, 9.17) is 0 Å². The van der Waals surface area contributed by atoms with E-state index in [2.05, 4.69) is 25.9 Å². The summed E-state index contributed by atoms with van der Waals surface area (Å²) in [4.78, 5) is 16.9. The number of aromatic nitrogens is 2. The molecule has 114 valence electrons. The van der Waals surface area contributed by atoms with Gasteiger partial charge in [0.05, 0.1) is 50.5 Å². The number of rotatable bonds is 7. The van der Waals surface area contributed by atoms with E-state index in [1.54, 1.807) is 10.9 Å². The van der Waals surface area contributed by atoms with Gasteiger partial charge in [-0.25, -0.2) is 4.98 Å². The van der Waals surface area contributed by atoms with Crippen LogP contribution < -0.4 is 5.56 Å². The Morgan fingerprint density at radius 1 is 1.10 bits per heavy atom. The Morgan fingerprint density at radius 3 is 2.43 bits per heavy atom. The van der Waals surface area contributed by atoms with Crippen LogP contribution in [-0.2, 0) is 6.54 Å². The van der Waals surface area contributed by atoms with Crippen molar-refractivity contribution in [3.05, 3.63) is 40.9 Å². The first-order chi connectivity index (χ1) is 10.1. The SMILES string of the molecule is CCC[N+](C)(CCC)CCn1cnc2ccccc2c1=O. The van der Waals surface area contributed by atoms with E-state index < -0.39 is 0 Å². The van der Waals surface area contributed by atoms with Gasteiger partial charge < -0.3 is 4.48 Å². The van der Waals surface area contributed by atoms with Gasteiger partial charge in [0.1, 0.15) is 0 Å². The fraction of sp³-hybridized carbons (Fsp3) is 0.529. The van der Waals surface area contributed by atoms with Crippen LogP contribution in [0, 0.1) is 0 Å². The van der Waals surface area contributed by atoms with E-state index in [0.717, 1.165) is 36.2 Å². The predicted octanol–water partition coefficient (Wildman–Crippen LogP) is 2.66. The van der Waals surface area contributed by atoms with Gasteiger partial charge in [-0.05, 0) is 25.0 Å². The highest BCUT2D eigenvalue weighted by molar-refractivity contribution is 5.76. The third kappa shape index (κ3) is 3.70. The standard InChI is InChI=1S/C17H26N3O/c1-4-11-20(3,12-5-2)13-10-19-14-18-16-9-7-6-8-15(16)17(19)21/h6-9,14H,4-5,10-13H2,1-3H3/q+1. The van der Waals surface area contributed by atoms with E-state index >= 15 is 0 Å². The number of fused-ring (bicyclic) bond motifs is 1. The molecule has 1 aromatic heterocycles. The fourth-order valence-corrected chi connectivity index (χ4v) is 3.03.